The van der Waals surface area contributed by atoms with E-state index in [1.807, 2.05) is 6.92 Å². The number of nitrogens with one attached hydrogen (secondary N) is 1. The zero-order chi connectivity index (χ0) is 23.1. The summed E-state index contributed by atoms with van der Waals surface area (Å²) in [5.41, 5.74) is 1.02. The molecule has 7 nitrogen and oxygen atoms in total. The van der Waals surface area contributed by atoms with Gasteiger partial charge in [-0.2, -0.15) is 4.31 Å². The van der Waals surface area contributed by atoms with E-state index in [0.29, 0.717) is 43.8 Å². The predicted octanol–water partition coefficient (Wildman–Crippen LogP) is 4.45. The fourth-order valence-corrected chi connectivity index (χ4v) is 5.17. The molecule has 9 heteroatoms. The maximum absolute atomic E-state index is 12.8. The summed E-state index contributed by atoms with van der Waals surface area (Å²) in [6.07, 6.45) is 2.67. The molecular formula is C23H27BrN2O5S. The lowest BCUT2D eigenvalue weighted by molar-refractivity contribution is -0.120. The van der Waals surface area contributed by atoms with Gasteiger partial charge >= 0.3 is 5.97 Å². The lowest BCUT2D eigenvalue weighted by Gasteiger charge is -2.30. The van der Waals surface area contributed by atoms with Crippen LogP contribution in [0.1, 0.15) is 43.0 Å². The Morgan fingerprint density at radius 1 is 1.06 bits per heavy atom. The van der Waals surface area contributed by atoms with Gasteiger partial charge in [0, 0.05) is 29.2 Å². The molecule has 0 aromatic heterocycles. The van der Waals surface area contributed by atoms with Crippen LogP contribution in [-0.2, 0) is 19.6 Å². The van der Waals surface area contributed by atoms with Gasteiger partial charge in [-0.15, -0.1) is 0 Å². The Balaban J connectivity index is 1.52. The SMILES string of the molecule is CCCCOC(=O)c1ccc(NC(=O)C2CCN(S(=O)(=O)c3ccc(Br)cc3)CC2)cc1. The van der Waals surface area contributed by atoms with Crippen molar-refractivity contribution in [2.75, 3.05) is 25.0 Å². The molecule has 2 aromatic rings. The van der Waals surface area contributed by atoms with E-state index in [1.165, 1.54) is 4.31 Å². The number of carbonyl (C=O) groups is 2. The van der Waals surface area contributed by atoms with E-state index in [0.717, 1.165) is 17.3 Å². The van der Waals surface area contributed by atoms with Crippen molar-refractivity contribution in [1.82, 2.24) is 4.31 Å². The Bertz CT molecular complexity index is 1030. The summed E-state index contributed by atoms with van der Waals surface area (Å²) in [6, 6.07) is 13.1. The highest BCUT2D eigenvalue weighted by Crippen LogP contribution is 2.26. The summed E-state index contributed by atoms with van der Waals surface area (Å²) >= 11 is 3.31. The first kappa shape index (κ1) is 24.4. The molecule has 1 amide bonds. The lowest BCUT2D eigenvalue weighted by atomic mass is 9.97. The van der Waals surface area contributed by atoms with Gasteiger partial charge in [0.25, 0.3) is 0 Å². The Labute approximate surface area is 197 Å². The third-order valence-electron chi connectivity index (χ3n) is 5.40. The molecule has 172 valence electrons. The van der Waals surface area contributed by atoms with Crippen LogP contribution in [0, 0.1) is 5.92 Å². The molecule has 1 aliphatic rings. The predicted molar refractivity (Wildman–Crippen MR) is 126 cm³/mol. The normalized spacial score (nSPS) is 15.3. The van der Waals surface area contributed by atoms with Crippen molar-refractivity contribution in [3.63, 3.8) is 0 Å². The molecule has 1 aliphatic heterocycles. The molecule has 0 unspecified atom stereocenters. The summed E-state index contributed by atoms with van der Waals surface area (Å²) in [4.78, 5) is 24.9. The van der Waals surface area contributed by atoms with Crippen LogP contribution in [-0.4, -0.2) is 44.3 Å². The molecule has 1 N–H and O–H groups in total. The zero-order valence-corrected chi connectivity index (χ0v) is 20.3. The smallest absolute Gasteiger partial charge is 0.338 e. The fourth-order valence-electron chi connectivity index (χ4n) is 3.44. The van der Waals surface area contributed by atoms with Crippen molar-refractivity contribution in [2.45, 2.75) is 37.5 Å². The summed E-state index contributed by atoms with van der Waals surface area (Å²) < 4.78 is 33.0. The molecule has 32 heavy (non-hydrogen) atoms. The molecule has 1 saturated heterocycles. The van der Waals surface area contributed by atoms with Crippen LogP contribution in [0.15, 0.2) is 57.9 Å². The number of esters is 1. The summed E-state index contributed by atoms with van der Waals surface area (Å²) in [5.74, 6) is -0.801. The van der Waals surface area contributed by atoms with E-state index in [-0.39, 0.29) is 22.7 Å². The quantitative estimate of drug-likeness (QED) is 0.408. The van der Waals surface area contributed by atoms with E-state index in [2.05, 4.69) is 21.2 Å². The molecule has 0 aliphatic carbocycles. The highest BCUT2D eigenvalue weighted by Gasteiger charge is 2.32. The van der Waals surface area contributed by atoms with Gasteiger partial charge in [-0.1, -0.05) is 29.3 Å². The number of halogens is 1. The number of hydrogen-bond donors (Lipinski definition) is 1. The van der Waals surface area contributed by atoms with E-state index in [1.54, 1.807) is 48.5 Å². The molecule has 0 bridgehead atoms. The number of benzene rings is 2. The van der Waals surface area contributed by atoms with Crippen molar-refractivity contribution >= 4 is 43.5 Å². The van der Waals surface area contributed by atoms with Crippen LogP contribution < -0.4 is 5.32 Å². The second-order valence-electron chi connectivity index (χ2n) is 7.69. The summed E-state index contributed by atoms with van der Waals surface area (Å²) in [6.45, 7) is 3.00. The van der Waals surface area contributed by atoms with Crippen molar-refractivity contribution in [1.29, 1.82) is 0 Å². The van der Waals surface area contributed by atoms with Crippen LogP contribution in [0.2, 0.25) is 0 Å². The van der Waals surface area contributed by atoms with Crippen molar-refractivity contribution in [3.8, 4) is 0 Å². The van der Waals surface area contributed by atoms with Crippen molar-refractivity contribution in [3.05, 3.63) is 58.6 Å². The summed E-state index contributed by atoms with van der Waals surface area (Å²) in [7, 11) is -3.57. The number of unbranched alkanes of at least 4 members (excludes halogenated alkanes) is 1. The molecule has 3 rings (SSSR count). The van der Waals surface area contributed by atoms with Crippen LogP contribution in [0.3, 0.4) is 0 Å². The maximum Gasteiger partial charge on any atom is 0.338 e. The average molecular weight is 523 g/mol. The van der Waals surface area contributed by atoms with Crippen molar-refractivity contribution in [2.24, 2.45) is 5.92 Å². The highest BCUT2D eigenvalue weighted by molar-refractivity contribution is 9.10. The Morgan fingerprint density at radius 3 is 2.28 bits per heavy atom. The number of carbonyl (C=O) groups excluding carboxylic acids is 2. The number of anilines is 1. The van der Waals surface area contributed by atoms with E-state index in [9.17, 15) is 18.0 Å². The third kappa shape index (κ3) is 6.17. The first-order valence-corrected chi connectivity index (χ1v) is 12.9. The number of nitrogens with zero attached hydrogens (tertiary/aromatic N) is 1. The number of ether oxygens (including phenoxy) is 1. The van der Waals surface area contributed by atoms with Gasteiger partial charge in [0.1, 0.15) is 0 Å². The van der Waals surface area contributed by atoms with Crippen LogP contribution in [0.5, 0.6) is 0 Å². The molecule has 0 radical (unpaired) electrons. The molecule has 2 aromatic carbocycles. The van der Waals surface area contributed by atoms with Crippen LogP contribution in [0.4, 0.5) is 5.69 Å². The monoisotopic (exact) mass is 522 g/mol. The van der Waals surface area contributed by atoms with Gasteiger partial charge in [-0.3, -0.25) is 4.79 Å². The molecule has 0 saturated carbocycles. The zero-order valence-electron chi connectivity index (χ0n) is 17.9. The number of sulfonamides is 1. The second kappa shape index (κ2) is 11.1. The first-order valence-electron chi connectivity index (χ1n) is 10.6. The van der Waals surface area contributed by atoms with Gasteiger partial charge in [0.05, 0.1) is 17.1 Å². The van der Waals surface area contributed by atoms with Gasteiger partial charge in [0.15, 0.2) is 0 Å². The van der Waals surface area contributed by atoms with Gasteiger partial charge in [0.2, 0.25) is 15.9 Å². The highest BCUT2D eigenvalue weighted by atomic mass is 79.9. The van der Waals surface area contributed by atoms with E-state index in [4.69, 9.17) is 4.74 Å². The Hall–Kier alpha value is -2.23. The van der Waals surface area contributed by atoms with Crippen LogP contribution in [0.25, 0.3) is 0 Å². The Morgan fingerprint density at radius 2 is 1.69 bits per heavy atom. The van der Waals surface area contributed by atoms with Gasteiger partial charge in [-0.25, -0.2) is 13.2 Å². The number of rotatable bonds is 8. The largest absolute Gasteiger partial charge is 0.462 e. The average Bonchev–Trinajstić information content (AvgIpc) is 2.80. The number of hydrogen-bond acceptors (Lipinski definition) is 5. The van der Waals surface area contributed by atoms with E-state index < -0.39 is 10.0 Å². The molecule has 1 fully saturated rings. The molecule has 0 spiro atoms. The first-order chi connectivity index (χ1) is 15.3. The minimum absolute atomic E-state index is 0.149. The molecule has 1 heterocycles. The maximum atomic E-state index is 12.8. The Kier molecular flexibility index (Phi) is 8.44. The van der Waals surface area contributed by atoms with Gasteiger partial charge < -0.3 is 10.1 Å². The fraction of sp³-hybridized carbons (Fsp3) is 0.391. The number of piperidine rings is 1. The minimum Gasteiger partial charge on any atom is -0.462 e. The topological polar surface area (TPSA) is 92.8 Å². The standard InChI is InChI=1S/C23H27BrN2O5S/c1-2-3-16-31-23(28)18-4-8-20(9-5-18)25-22(27)17-12-14-26(15-13-17)32(29,30)21-10-6-19(24)7-11-21/h4-11,17H,2-3,12-16H2,1H3,(H,25,27). The minimum atomic E-state index is -3.57. The molecular weight excluding hydrogens is 496 g/mol. The third-order valence-corrected chi connectivity index (χ3v) is 7.84. The van der Waals surface area contributed by atoms with Gasteiger partial charge in [-0.05, 0) is 67.8 Å². The molecule has 0 atom stereocenters. The van der Waals surface area contributed by atoms with E-state index >= 15 is 0 Å². The summed E-state index contributed by atoms with van der Waals surface area (Å²) in [5, 5.41) is 2.86. The lowest BCUT2D eigenvalue weighted by Crippen LogP contribution is -2.41. The van der Waals surface area contributed by atoms with Crippen LogP contribution >= 0.6 is 15.9 Å². The van der Waals surface area contributed by atoms with Crippen molar-refractivity contribution < 1.29 is 22.7 Å². The number of amides is 1. The second-order valence-corrected chi connectivity index (χ2v) is 10.5.